The number of thioether (sulfide) groups is 1. The molecule has 53 heavy (non-hydrogen) atoms. The van der Waals surface area contributed by atoms with E-state index in [9.17, 15) is 19.8 Å². The van der Waals surface area contributed by atoms with Gasteiger partial charge >= 0.3 is 12.0 Å². The fraction of sp³-hybridized carbons (Fsp3) is 0.419. The highest BCUT2D eigenvalue weighted by Crippen LogP contribution is 2.55. The third kappa shape index (κ3) is 7.87. The van der Waals surface area contributed by atoms with Gasteiger partial charge in [0, 0.05) is 35.5 Å². The van der Waals surface area contributed by atoms with E-state index in [1.807, 2.05) is 48.5 Å². The van der Waals surface area contributed by atoms with Crippen molar-refractivity contribution in [1.29, 1.82) is 0 Å². The van der Waals surface area contributed by atoms with Crippen molar-refractivity contribution in [1.82, 2.24) is 15.6 Å². The first kappa shape index (κ1) is 35.8. The number of benzene rings is 3. The lowest BCUT2D eigenvalue weighted by Gasteiger charge is -2.56. The minimum atomic E-state index is -1.01. The summed E-state index contributed by atoms with van der Waals surface area (Å²) >= 11 is 1.37. The van der Waals surface area contributed by atoms with Gasteiger partial charge in [0.25, 0.3) is 0 Å². The molecule has 4 unspecified atom stereocenters. The van der Waals surface area contributed by atoms with Gasteiger partial charge in [0.05, 0.1) is 24.4 Å². The molecule has 4 N–H and O–H groups in total. The molecule has 1 saturated heterocycles. The number of aromatic carboxylic acids is 1. The van der Waals surface area contributed by atoms with Gasteiger partial charge in [-0.05, 0) is 102 Å². The summed E-state index contributed by atoms with van der Waals surface area (Å²) in [5, 5.41) is 26.3. The van der Waals surface area contributed by atoms with Crippen molar-refractivity contribution in [3.8, 4) is 11.1 Å². The first-order valence-electron chi connectivity index (χ1n) is 18.8. The summed E-state index contributed by atoms with van der Waals surface area (Å²) < 4.78 is 13.3. The van der Waals surface area contributed by atoms with Crippen molar-refractivity contribution in [3.63, 3.8) is 0 Å². The number of hydrogen-bond donors (Lipinski definition) is 4. The number of hydrogen-bond acceptors (Lipinski definition) is 7. The lowest BCUT2D eigenvalue weighted by Crippen LogP contribution is -2.61. The zero-order chi connectivity index (χ0) is 36.5. The van der Waals surface area contributed by atoms with E-state index in [0.29, 0.717) is 17.3 Å². The zero-order valence-corrected chi connectivity index (χ0v) is 30.8. The molecule has 2 heterocycles. The van der Waals surface area contributed by atoms with Crippen molar-refractivity contribution in [2.75, 3.05) is 5.75 Å². The maximum absolute atomic E-state index is 13.1. The number of rotatable bonds is 11. The molecule has 4 bridgehead atoms. The number of aliphatic hydroxyl groups is 1. The van der Waals surface area contributed by atoms with Crippen molar-refractivity contribution < 1.29 is 29.3 Å². The Morgan fingerprint density at radius 1 is 0.849 bits per heavy atom. The lowest BCUT2D eigenvalue weighted by atomic mass is 9.53. The molecular weight excluding hydrogens is 687 g/mol. The van der Waals surface area contributed by atoms with E-state index in [4.69, 9.17) is 9.47 Å². The van der Waals surface area contributed by atoms with Crippen LogP contribution >= 0.6 is 11.8 Å². The van der Waals surface area contributed by atoms with Crippen LogP contribution in [-0.4, -0.2) is 44.6 Å². The number of aromatic nitrogens is 1. The number of nitrogens with one attached hydrogen (secondary N) is 2. The van der Waals surface area contributed by atoms with Crippen LogP contribution in [0.2, 0.25) is 0 Å². The molecule has 9 rings (SSSR count). The number of amides is 2. The maximum Gasteiger partial charge on any atom is 0.338 e. The summed E-state index contributed by atoms with van der Waals surface area (Å²) in [4.78, 5) is 29.3. The molecular formula is C43H47N3O6S. The van der Waals surface area contributed by atoms with Crippen LogP contribution in [-0.2, 0) is 22.6 Å². The number of carboxylic acids is 1. The predicted octanol–water partition coefficient (Wildman–Crippen LogP) is 8.29. The third-order valence-corrected chi connectivity index (χ3v) is 12.9. The molecule has 5 aliphatic rings. The van der Waals surface area contributed by atoms with Gasteiger partial charge in [0.1, 0.15) is 5.03 Å². The summed E-state index contributed by atoms with van der Waals surface area (Å²) in [6.07, 6.45) is 7.82. The van der Waals surface area contributed by atoms with Gasteiger partial charge in [-0.2, -0.15) is 0 Å². The molecule has 1 aromatic heterocycles. The molecule has 3 aromatic carbocycles. The van der Waals surface area contributed by atoms with Crippen molar-refractivity contribution in [2.24, 2.45) is 23.7 Å². The van der Waals surface area contributed by atoms with Crippen LogP contribution in [0.5, 0.6) is 0 Å². The Morgan fingerprint density at radius 3 is 2.23 bits per heavy atom. The molecule has 5 fully saturated rings. The quantitative estimate of drug-likeness (QED) is 0.113. The number of ether oxygens (including phenoxy) is 2. The van der Waals surface area contributed by atoms with Crippen molar-refractivity contribution in [2.45, 2.75) is 87.7 Å². The van der Waals surface area contributed by atoms with Gasteiger partial charge in [0.15, 0.2) is 6.29 Å². The smallest absolute Gasteiger partial charge is 0.338 e. The number of carboxylic acid groups (broad SMARTS) is 1. The van der Waals surface area contributed by atoms with E-state index in [1.165, 1.54) is 31.0 Å². The Morgan fingerprint density at radius 2 is 1.55 bits per heavy atom. The standard InChI is InChI=1S/C43H47N3O6S/c1-26-37(25-53-39-36(40(48)49)6-3-15-44-39)51-41(52-38(26)33-9-7-27(24-47)8-10-33)34-13-11-32(12-14-34)35-5-2-4-28(19-35)23-45-42(50)46-43-20-29-16-30(21-43)18-31(17-29)22-43/h2-15,19,26,29-31,37-38,41,47H,16-18,20-25H2,1H3,(H,48,49)(H2,45,46,50). The molecule has 9 nitrogen and oxygen atoms in total. The van der Waals surface area contributed by atoms with Crippen molar-refractivity contribution in [3.05, 3.63) is 119 Å². The molecule has 4 saturated carbocycles. The van der Waals surface area contributed by atoms with Crippen molar-refractivity contribution >= 4 is 23.8 Å². The Labute approximate surface area is 314 Å². The molecule has 4 aromatic rings. The fourth-order valence-electron chi connectivity index (χ4n) is 9.56. The average Bonchev–Trinajstić information content (AvgIpc) is 3.16. The average molecular weight is 734 g/mol. The van der Waals surface area contributed by atoms with Crippen LogP contribution in [0.25, 0.3) is 11.1 Å². The number of aliphatic hydroxyl groups excluding tert-OH is 1. The van der Waals surface area contributed by atoms with Crippen LogP contribution in [0.3, 0.4) is 0 Å². The summed E-state index contributed by atoms with van der Waals surface area (Å²) in [7, 11) is 0. The minimum Gasteiger partial charge on any atom is -0.478 e. The van der Waals surface area contributed by atoms with Crippen LogP contribution in [0.15, 0.2) is 96.2 Å². The lowest BCUT2D eigenvalue weighted by molar-refractivity contribution is -0.268. The van der Waals surface area contributed by atoms with E-state index < -0.39 is 12.3 Å². The minimum absolute atomic E-state index is 0.0153. The molecule has 1 aliphatic heterocycles. The Hall–Kier alpha value is -4.22. The first-order valence-corrected chi connectivity index (χ1v) is 19.8. The number of urea groups is 1. The van der Waals surface area contributed by atoms with E-state index in [1.54, 1.807) is 18.3 Å². The SMILES string of the molecule is CC1C(CSc2ncccc2C(=O)O)OC(c2ccc(-c3cccc(CNC(=O)NC45CC6CC(CC(C6)C4)C5)c3)cc2)OC1c1ccc(CO)cc1. The largest absolute Gasteiger partial charge is 0.478 e. The molecule has 0 radical (unpaired) electrons. The topological polar surface area (TPSA) is 130 Å². The molecule has 10 heteroatoms. The van der Waals surface area contributed by atoms with E-state index >= 15 is 0 Å². The highest BCUT2D eigenvalue weighted by Gasteiger charge is 2.51. The number of carbonyl (C=O) groups excluding carboxylic acids is 1. The van der Waals surface area contributed by atoms with E-state index in [2.05, 4.69) is 46.8 Å². The second-order valence-corrected chi connectivity index (χ2v) is 16.6. The van der Waals surface area contributed by atoms with Gasteiger partial charge in [-0.3, -0.25) is 0 Å². The van der Waals surface area contributed by atoms with Crippen LogP contribution in [0, 0.1) is 23.7 Å². The second-order valence-electron chi connectivity index (χ2n) is 15.6. The van der Waals surface area contributed by atoms with Gasteiger partial charge in [-0.25, -0.2) is 14.6 Å². The Bertz CT molecular complexity index is 1900. The Balaban J connectivity index is 0.947. The normalized spacial score (nSPS) is 28.8. The first-order chi connectivity index (χ1) is 25.7. The van der Waals surface area contributed by atoms with Gasteiger partial charge in [-0.1, -0.05) is 73.7 Å². The number of nitrogens with zero attached hydrogens (tertiary/aromatic N) is 1. The molecule has 4 aliphatic carbocycles. The van der Waals surface area contributed by atoms with Gasteiger partial charge < -0.3 is 30.3 Å². The third-order valence-electron chi connectivity index (χ3n) is 11.8. The summed E-state index contributed by atoms with van der Waals surface area (Å²) in [6, 6.07) is 27.3. The Kier molecular flexibility index (Phi) is 10.3. The maximum atomic E-state index is 13.1. The second kappa shape index (κ2) is 15.3. The molecule has 2 amide bonds. The van der Waals surface area contributed by atoms with Crippen LogP contribution < -0.4 is 10.6 Å². The monoisotopic (exact) mass is 733 g/mol. The number of pyridine rings is 1. The predicted molar refractivity (Wildman–Crippen MR) is 203 cm³/mol. The zero-order valence-electron chi connectivity index (χ0n) is 29.9. The van der Waals surface area contributed by atoms with Crippen LogP contribution in [0.4, 0.5) is 4.79 Å². The van der Waals surface area contributed by atoms with Crippen LogP contribution in [0.1, 0.15) is 90.5 Å². The molecule has 276 valence electrons. The summed E-state index contributed by atoms with van der Waals surface area (Å²) in [5.41, 5.74) is 5.96. The molecule has 4 atom stereocenters. The summed E-state index contributed by atoms with van der Waals surface area (Å²) in [5.74, 6) is 1.76. The molecule has 0 spiro atoms. The van der Waals surface area contributed by atoms with Gasteiger partial charge in [0.2, 0.25) is 0 Å². The van der Waals surface area contributed by atoms with E-state index in [-0.39, 0.29) is 41.9 Å². The fourth-order valence-corrected chi connectivity index (χ4v) is 10.7. The highest BCUT2D eigenvalue weighted by molar-refractivity contribution is 7.99. The number of carbonyl (C=O) groups is 2. The summed E-state index contributed by atoms with van der Waals surface area (Å²) in [6.45, 7) is 2.50. The van der Waals surface area contributed by atoms with E-state index in [0.717, 1.165) is 70.4 Å². The van der Waals surface area contributed by atoms with Gasteiger partial charge in [-0.15, -0.1) is 11.8 Å². The highest BCUT2D eigenvalue weighted by atomic mass is 32.2.